The zero-order valence-electron chi connectivity index (χ0n) is 9.23. The van der Waals surface area contributed by atoms with Gasteiger partial charge in [-0.1, -0.05) is 0 Å². The van der Waals surface area contributed by atoms with Gasteiger partial charge in [-0.25, -0.2) is 0 Å². The molecule has 0 aromatic carbocycles. The molecule has 0 aliphatic rings. The van der Waals surface area contributed by atoms with Gasteiger partial charge in [0.1, 0.15) is 0 Å². The van der Waals surface area contributed by atoms with Crippen molar-refractivity contribution in [3.05, 3.63) is 24.0 Å². The van der Waals surface area contributed by atoms with Crippen molar-refractivity contribution < 1.29 is 4.74 Å². The van der Waals surface area contributed by atoms with Gasteiger partial charge >= 0.3 is 0 Å². The molecule has 1 atom stereocenters. The number of ether oxygens (including phenoxy) is 1. The molecule has 3 heteroatoms. The van der Waals surface area contributed by atoms with Crippen molar-refractivity contribution >= 4 is 0 Å². The van der Waals surface area contributed by atoms with Crippen LogP contribution in [-0.4, -0.2) is 17.3 Å². The van der Waals surface area contributed by atoms with E-state index in [4.69, 9.17) is 10.5 Å². The maximum absolute atomic E-state index is 5.76. The first kappa shape index (κ1) is 11.3. The van der Waals surface area contributed by atoms with Crippen LogP contribution in [0, 0.1) is 0 Å². The molecule has 1 aromatic heterocycles. The third kappa shape index (κ3) is 3.52. The third-order valence-corrected chi connectivity index (χ3v) is 2.10. The number of hydrogen-bond acceptors (Lipinski definition) is 2. The maximum Gasteiger partial charge on any atom is 0.0648 e. The fourth-order valence-corrected chi connectivity index (χ4v) is 1.26. The molecule has 3 nitrogen and oxygen atoms in total. The fraction of sp³-hybridized carbons (Fsp3) is 0.636. The van der Waals surface area contributed by atoms with E-state index in [0.29, 0.717) is 6.10 Å². The first-order valence-corrected chi connectivity index (χ1v) is 5.12. The van der Waals surface area contributed by atoms with E-state index in [-0.39, 0.29) is 6.04 Å². The Hall–Kier alpha value is -0.800. The molecule has 80 valence electrons. The lowest BCUT2D eigenvalue weighted by Gasteiger charge is -2.08. The van der Waals surface area contributed by atoms with E-state index >= 15 is 0 Å². The lowest BCUT2D eigenvalue weighted by atomic mass is 10.2. The predicted octanol–water partition coefficient (Wildman–Crippen LogP) is 1.93. The number of aromatic nitrogens is 1. The van der Waals surface area contributed by atoms with E-state index < -0.39 is 0 Å². The first-order chi connectivity index (χ1) is 6.59. The van der Waals surface area contributed by atoms with Gasteiger partial charge in [0.25, 0.3) is 0 Å². The second-order valence-electron chi connectivity index (χ2n) is 3.89. The van der Waals surface area contributed by atoms with Gasteiger partial charge in [-0.3, -0.25) is 0 Å². The molecule has 0 aliphatic heterocycles. The van der Waals surface area contributed by atoms with Gasteiger partial charge in [0, 0.05) is 25.0 Å². The summed E-state index contributed by atoms with van der Waals surface area (Å²) in [6, 6.07) is 2.17. The Morgan fingerprint density at radius 1 is 1.43 bits per heavy atom. The lowest BCUT2D eigenvalue weighted by molar-refractivity contribution is 0.0728. The monoisotopic (exact) mass is 196 g/mol. The molecule has 0 bridgehead atoms. The van der Waals surface area contributed by atoms with Crippen molar-refractivity contribution in [1.82, 2.24) is 4.57 Å². The molecule has 2 N–H and O–H groups in total. The van der Waals surface area contributed by atoms with E-state index in [0.717, 1.165) is 13.2 Å². The molecule has 1 aromatic rings. The number of nitrogens with two attached hydrogens (primary N) is 1. The summed E-state index contributed by atoms with van der Waals surface area (Å²) in [6.45, 7) is 7.73. The van der Waals surface area contributed by atoms with Crippen LogP contribution in [0.2, 0.25) is 0 Å². The minimum atomic E-state index is 0.113. The second kappa shape index (κ2) is 5.17. The van der Waals surface area contributed by atoms with Gasteiger partial charge in [0.05, 0.1) is 12.7 Å². The van der Waals surface area contributed by atoms with Gasteiger partial charge in [0.15, 0.2) is 0 Å². The molecule has 0 saturated heterocycles. The van der Waals surface area contributed by atoms with Crippen LogP contribution < -0.4 is 5.73 Å². The van der Waals surface area contributed by atoms with E-state index in [9.17, 15) is 0 Å². The highest BCUT2D eigenvalue weighted by molar-refractivity contribution is 5.13. The Kier molecular flexibility index (Phi) is 4.17. The summed E-state index contributed by atoms with van der Waals surface area (Å²) < 4.78 is 7.58. The van der Waals surface area contributed by atoms with Gasteiger partial charge in [-0.2, -0.15) is 0 Å². The van der Waals surface area contributed by atoms with Crippen LogP contribution in [0.25, 0.3) is 0 Å². The van der Waals surface area contributed by atoms with E-state index in [1.165, 1.54) is 5.56 Å². The van der Waals surface area contributed by atoms with Gasteiger partial charge in [-0.05, 0) is 32.4 Å². The van der Waals surface area contributed by atoms with Gasteiger partial charge in [-0.15, -0.1) is 0 Å². The molecule has 1 heterocycles. The molecular formula is C11H20N2O. The Balaban J connectivity index is 2.36. The highest BCUT2D eigenvalue weighted by atomic mass is 16.5. The van der Waals surface area contributed by atoms with Crippen molar-refractivity contribution in [2.24, 2.45) is 5.73 Å². The molecule has 0 fully saturated rings. The Labute approximate surface area is 85.9 Å². The lowest BCUT2D eigenvalue weighted by Crippen LogP contribution is -2.09. The van der Waals surface area contributed by atoms with Crippen LogP contribution in [0.4, 0.5) is 0 Å². The van der Waals surface area contributed by atoms with Crippen molar-refractivity contribution in [1.29, 1.82) is 0 Å². The first-order valence-electron chi connectivity index (χ1n) is 5.12. The zero-order chi connectivity index (χ0) is 10.6. The molecule has 0 aliphatic carbocycles. The topological polar surface area (TPSA) is 40.2 Å². The summed E-state index contributed by atoms with van der Waals surface area (Å²) in [5.74, 6) is 0. The standard InChI is InChI=1S/C11H20N2O/c1-9(2)14-7-6-13-5-4-11(8-13)10(3)12/h4-5,8-10H,6-7,12H2,1-3H3. The van der Waals surface area contributed by atoms with Crippen LogP contribution in [0.15, 0.2) is 18.5 Å². The molecule has 0 radical (unpaired) electrons. The summed E-state index contributed by atoms with van der Waals surface area (Å²) >= 11 is 0. The average molecular weight is 196 g/mol. The molecule has 14 heavy (non-hydrogen) atoms. The number of hydrogen-bond donors (Lipinski definition) is 1. The highest BCUT2D eigenvalue weighted by Crippen LogP contribution is 2.09. The Morgan fingerprint density at radius 3 is 2.64 bits per heavy atom. The quantitative estimate of drug-likeness (QED) is 0.781. The Morgan fingerprint density at radius 2 is 2.14 bits per heavy atom. The van der Waals surface area contributed by atoms with Crippen LogP contribution >= 0.6 is 0 Å². The molecule has 0 spiro atoms. The Bertz CT molecular complexity index is 266. The van der Waals surface area contributed by atoms with E-state index in [1.807, 2.05) is 27.0 Å². The number of rotatable bonds is 5. The SMILES string of the molecule is CC(C)OCCn1ccc(C(C)N)c1. The van der Waals surface area contributed by atoms with Crippen LogP contribution in [0.1, 0.15) is 32.4 Å². The minimum absolute atomic E-state index is 0.113. The highest BCUT2D eigenvalue weighted by Gasteiger charge is 2.01. The second-order valence-corrected chi connectivity index (χ2v) is 3.89. The van der Waals surface area contributed by atoms with Crippen molar-refractivity contribution in [2.75, 3.05) is 6.61 Å². The average Bonchev–Trinajstić information content (AvgIpc) is 2.52. The minimum Gasteiger partial charge on any atom is -0.377 e. The zero-order valence-corrected chi connectivity index (χ0v) is 9.23. The molecule has 1 unspecified atom stereocenters. The van der Waals surface area contributed by atoms with Crippen LogP contribution in [0.5, 0.6) is 0 Å². The third-order valence-electron chi connectivity index (χ3n) is 2.10. The van der Waals surface area contributed by atoms with E-state index in [2.05, 4.69) is 16.8 Å². The van der Waals surface area contributed by atoms with Gasteiger partial charge < -0.3 is 15.0 Å². The fourth-order valence-electron chi connectivity index (χ4n) is 1.26. The van der Waals surface area contributed by atoms with Crippen molar-refractivity contribution in [3.8, 4) is 0 Å². The smallest absolute Gasteiger partial charge is 0.0648 e. The van der Waals surface area contributed by atoms with E-state index in [1.54, 1.807) is 0 Å². The molecule has 0 amide bonds. The normalized spacial score (nSPS) is 13.5. The largest absolute Gasteiger partial charge is 0.377 e. The van der Waals surface area contributed by atoms with Crippen molar-refractivity contribution in [3.63, 3.8) is 0 Å². The molecular weight excluding hydrogens is 176 g/mol. The number of nitrogens with zero attached hydrogens (tertiary/aromatic N) is 1. The van der Waals surface area contributed by atoms with Crippen molar-refractivity contribution in [2.45, 2.75) is 39.5 Å². The summed E-state index contributed by atoms with van der Waals surface area (Å²) in [4.78, 5) is 0. The summed E-state index contributed by atoms with van der Waals surface area (Å²) in [7, 11) is 0. The summed E-state index contributed by atoms with van der Waals surface area (Å²) in [5, 5.41) is 0. The summed E-state index contributed by atoms with van der Waals surface area (Å²) in [6.07, 6.45) is 4.43. The summed E-state index contributed by atoms with van der Waals surface area (Å²) in [5.41, 5.74) is 6.93. The van der Waals surface area contributed by atoms with Crippen LogP contribution in [-0.2, 0) is 11.3 Å². The molecule has 1 rings (SSSR count). The van der Waals surface area contributed by atoms with Crippen LogP contribution in [0.3, 0.4) is 0 Å². The molecule has 0 saturated carbocycles. The predicted molar refractivity (Wildman–Crippen MR) is 58.1 cm³/mol. The maximum atomic E-state index is 5.76. The van der Waals surface area contributed by atoms with Gasteiger partial charge in [0.2, 0.25) is 0 Å².